The van der Waals surface area contributed by atoms with Gasteiger partial charge in [0, 0.05) is 12.6 Å². The Kier molecular flexibility index (Phi) is 8.04. The van der Waals surface area contributed by atoms with Crippen LogP contribution in [0.15, 0.2) is 18.2 Å². The summed E-state index contributed by atoms with van der Waals surface area (Å²) in [6, 6.07) is 5.22. The lowest BCUT2D eigenvalue weighted by atomic mass is 10.1. The van der Waals surface area contributed by atoms with Crippen molar-refractivity contribution in [3.8, 4) is 0 Å². The van der Waals surface area contributed by atoms with Gasteiger partial charge in [0.1, 0.15) is 0 Å². The first kappa shape index (κ1) is 18.2. The number of benzene rings is 1. The summed E-state index contributed by atoms with van der Waals surface area (Å²) >= 11 is 12.0. The molecule has 6 heteroatoms. The van der Waals surface area contributed by atoms with Gasteiger partial charge in [-0.3, -0.25) is 4.79 Å². The highest BCUT2D eigenvalue weighted by Crippen LogP contribution is 2.29. The predicted molar refractivity (Wildman–Crippen MR) is 88.2 cm³/mol. The largest absolute Gasteiger partial charge is 0.380 e. The number of ether oxygens (including phenoxy) is 1. The van der Waals surface area contributed by atoms with Crippen LogP contribution in [0.1, 0.15) is 20.8 Å². The van der Waals surface area contributed by atoms with Gasteiger partial charge < -0.3 is 15.4 Å². The van der Waals surface area contributed by atoms with E-state index in [1.165, 1.54) is 0 Å². The Balaban J connectivity index is 2.53. The van der Waals surface area contributed by atoms with Crippen LogP contribution >= 0.6 is 23.2 Å². The molecule has 0 aliphatic carbocycles. The number of anilines is 1. The van der Waals surface area contributed by atoms with Crippen molar-refractivity contribution in [2.24, 2.45) is 5.92 Å². The number of hydrogen-bond acceptors (Lipinski definition) is 3. The second-order valence-corrected chi connectivity index (χ2v) is 5.85. The fourth-order valence-electron chi connectivity index (χ4n) is 1.76. The van der Waals surface area contributed by atoms with Crippen molar-refractivity contribution in [3.63, 3.8) is 0 Å². The molecule has 0 aliphatic heterocycles. The fourth-order valence-corrected chi connectivity index (χ4v) is 2.25. The van der Waals surface area contributed by atoms with E-state index in [1.54, 1.807) is 18.2 Å². The van der Waals surface area contributed by atoms with Gasteiger partial charge in [0.15, 0.2) is 0 Å². The molecular weight excluding hydrogens is 311 g/mol. The zero-order chi connectivity index (χ0) is 15.8. The van der Waals surface area contributed by atoms with E-state index < -0.39 is 0 Å². The van der Waals surface area contributed by atoms with Crippen LogP contribution in [0.2, 0.25) is 10.0 Å². The van der Waals surface area contributed by atoms with E-state index in [0.717, 1.165) is 0 Å². The lowest BCUT2D eigenvalue weighted by Gasteiger charge is -2.22. The van der Waals surface area contributed by atoms with Crippen molar-refractivity contribution in [1.82, 2.24) is 5.32 Å². The minimum Gasteiger partial charge on any atom is -0.380 e. The number of rotatable bonds is 8. The summed E-state index contributed by atoms with van der Waals surface area (Å²) in [5, 5.41) is 6.76. The molecule has 0 saturated heterocycles. The Morgan fingerprint density at radius 2 is 1.90 bits per heavy atom. The third-order valence-electron chi connectivity index (χ3n) is 3.06. The van der Waals surface area contributed by atoms with Crippen LogP contribution in [0.25, 0.3) is 0 Å². The molecule has 0 spiro atoms. The quantitative estimate of drug-likeness (QED) is 0.764. The van der Waals surface area contributed by atoms with Crippen molar-refractivity contribution in [1.29, 1.82) is 0 Å². The molecule has 1 amide bonds. The standard InChI is InChI=1S/C15H22Cl2N2O2/c1-4-21-9-13(10(2)3)18-8-14(20)19-15-11(16)6-5-7-12(15)17/h5-7,10,13,18H,4,8-9H2,1-3H3,(H,19,20). The van der Waals surface area contributed by atoms with Crippen molar-refractivity contribution < 1.29 is 9.53 Å². The van der Waals surface area contributed by atoms with E-state index in [1.807, 2.05) is 6.92 Å². The van der Waals surface area contributed by atoms with Gasteiger partial charge in [-0.05, 0) is 25.0 Å². The summed E-state index contributed by atoms with van der Waals surface area (Å²) in [5.74, 6) is 0.181. The molecular formula is C15H22Cl2N2O2. The van der Waals surface area contributed by atoms with Gasteiger partial charge in [-0.1, -0.05) is 43.1 Å². The van der Waals surface area contributed by atoms with Gasteiger partial charge in [0.25, 0.3) is 0 Å². The average Bonchev–Trinajstić information content (AvgIpc) is 2.42. The first-order chi connectivity index (χ1) is 9.95. The summed E-state index contributed by atoms with van der Waals surface area (Å²) in [7, 11) is 0. The predicted octanol–water partition coefficient (Wildman–Crippen LogP) is 3.58. The van der Waals surface area contributed by atoms with Gasteiger partial charge in [0.2, 0.25) is 5.91 Å². The Morgan fingerprint density at radius 3 is 2.43 bits per heavy atom. The Bertz CT molecular complexity index is 447. The minimum atomic E-state index is -0.188. The maximum Gasteiger partial charge on any atom is 0.238 e. The molecule has 1 unspecified atom stereocenters. The number of para-hydroxylation sites is 1. The molecule has 0 fully saturated rings. The number of hydrogen-bond donors (Lipinski definition) is 2. The Morgan fingerprint density at radius 1 is 1.29 bits per heavy atom. The van der Waals surface area contributed by atoms with Crippen LogP contribution in [0.4, 0.5) is 5.69 Å². The van der Waals surface area contributed by atoms with Crippen molar-refractivity contribution >= 4 is 34.8 Å². The van der Waals surface area contributed by atoms with Gasteiger partial charge in [0.05, 0.1) is 28.9 Å². The molecule has 0 radical (unpaired) electrons. The van der Waals surface area contributed by atoms with E-state index in [9.17, 15) is 4.79 Å². The third kappa shape index (κ3) is 6.22. The third-order valence-corrected chi connectivity index (χ3v) is 3.69. The molecule has 0 aromatic heterocycles. The zero-order valence-electron chi connectivity index (χ0n) is 12.6. The van der Waals surface area contributed by atoms with Crippen LogP contribution in [-0.4, -0.2) is 31.7 Å². The van der Waals surface area contributed by atoms with Crippen LogP contribution in [0.5, 0.6) is 0 Å². The second kappa shape index (κ2) is 9.26. The molecule has 0 saturated carbocycles. The summed E-state index contributed by atoms with van der Waals surface area (Å²) in [4.78, 5) is 12.0. The SMILES string of the molecule is CCOCC(NCC(=O)Nc1c(Cl)cccc1Cl)C(C)C. The van der Waals surface area contributed by atoms with Gasteiger partial charge in [-0.25, -0.2) is 0 Å². The van der Waals surface area contributed by atoms with E-state index in [4.69, 9.17) is 27.9 Å². The zero-order valence-corrected chi connectivity index (χ0v) is 14.1. The highest BCUT2D eigenvalue weighted by atomic mass is 35.5. The molecule has 1 aromatic rings. The molecule has 1 aromatic carbocycles. The van der Waals surface area contributed by atoms with E-state index in [0.29, 0.717) is 34.9 Å². The number of nitrogens with one attached hydrogen (secondary N) is 2. The summed E-state index contributed by atoms with van der Waals surface area (Å²) in [6.45, 7) is 7.53. The van der Waals surface area contributed by atoms with Crippen molar-refractivity contribution in [3.05, 3.63) is 28.2 Å². The monoisotopic (exact) mass is 332 g/mol. The van der Waals surface area contributed by atoms with E-state index in [-0.39, 0.29) is 18.5 Å². The smallest absolute Gasteiger partial charge is 0.238 e. The normalized spacial score (nSPS) is 12.5. The average molecular weight is 333 g/mol. The maximum atomic E-state index is 12.0. The minimum absolute atomic E-state index is 0.123. The molecule has 0 heterocycles. The number of amides is 1. The van der Waals surface area contributed by atoms with Gasteiger partial charge >= 0.3 is 0 Å². The van der Waals surface area contributed by atoms with Crippen LogP contribution in [0.3, 0.4) is 0 Å². The molecule has 1 rings (SSSR count). The Hall–Kier alpha value is -0.810. The number of carbonyl (C=O) groups excluding carboxylic acids is 1. The molecule has 21 heavy (non-hydrogen) atoms. The number of halogens is 2. The van der Waals surface area contributed by atoms with Crippen LogP contribution in [0, 0.1) is 5.92 Å². The molecule has 4 nitrogen and oxygen atoms in total. The summed E-state index contributed by atoms with van der Waals surface area (Å²) in [6.07, 6.45) is 0. The van der Waals surface area contributed by atoms with Crippen LogP contribution in [-0.2, 0) is 9.53 Å². The Labute approximate surface area is 136 Å². The lowest BCUT2D eigenvalue weighted by molar-refractivity contribution is -0.115. The van der Waals surface area contributed by atoms with E-state index in [2.05, 4.69) is 24.5 Å². The second-order valence-electron chi connectivity index (χ2n) is 5.04. The molecule has 1 atom stereocenters. The van der Waals surface area contributed by atoms with Gasteiger partial charge in [-0.2, -0.15) is 0 Å². The number of carbonyl (C=O) groups is 1. The summed E-state index contributed by atoms with van der Waals surface area (Å²) < 4.78 is 5.41. The highest BCUT2D eigenvalue weighted by Gasteiger charge is 2.15. The highest BCUT2D eigenvalue weighted by molar-refractivity contribution is 6.39. The molecule has 0 aliphatic rings. The molecule has 118 valence electrons. The topological polar surface area (TPSA) is 50.4 Å². The first-order valence-electron chi connectivity index (χ1n) is 7.00. The maximum absolute atomic E-state index is 12.0. The molecule has 2 N–H and O–H groups in total. The van der Waals surface area contributed by atoms with Crippen molar-refractivity contribution in [2.45, 2.75) is 26.8 Å². The lowest BCUT2D eigenvalue weighted by Crippen LogP contribution is -2.42. The fraction of sp³-hybridized carbons (Fsp3) is 0.533. The van der Waals surface area contributed by atoms with Crippen LogP contribution < -0.4 is 10.6 Å². The first-order valence-corrected chi connectivity index (χ1v) is 7.76. The van der Waals surface area contributed by atoms with Crippen molar-refractivity contribution in [2.75, 3.05) is 25.1 Å². The summed E-state index contributed by atoms with van der Waals surface area (Å²) in [5.41, 5.74) is 0.443. The van der Waals surface area contributed by atoms with Gasteiger partial charge in [-0.15, -0.1) is 0 Å². The molecule has 0 bridgehead atoms. The van der Waals surface area contributed by atoms with E-state index >= 15 is 0 Å².